The van der Waals surface area contributed by atoms with E-state index in [1.165, 1.54) is 5.56 Å². The van der Waals surface area contributed by atoms with Crippen LogP contribution < -0.4 is 5.73 Å². The summed E-state index contributed by atoms with van der Waals surface area (Å²) in [5, 5.41) is 12.6. The highest BCUT2D eigenvalue weighted by Gasteiger charge is 2.53. The molecule has 1 aliphatic heterocycles. The lowest BCUT2D eigenvalue weighted by Gasteiger charge is -2.35. The molecule has 7 nitrogen and oxygen atoms in total. The number of nitrogens with two attached hydrogens (primary N) is 1. The van der Waals surface area contributed by atoms with Crippen LogP contribution in [0.3, 0.4) is 0 Å². The second-order valence-corrected chi connectivity index (χ2v) is 8.75. The molecule has 1 saturated carbocycles. The number of rotatable bonds is 5. The molecule has 156 valence electrons. The number of esters is 1. The van der Waals surface area contributed by atoms with Crippen LogP contribution in [0.25, 0.3) is 5.52 Å². The van der Waals surface area contributed by atoms with E-state index in [1.54, 1.807) is 6.92 Å². The summed E-state index contributed by atoms with van der Waals surface area (Å²) in [5.41, 5.74) is 8.67. The summed E-state index contributed by atoms with van der Waals surface area (Å²) < 4.78 is 13.1. The van der Waals surface area contributed by atoms with Gasteiger partial charge in [-0.05, 0) is 76.1 Å². The summed E-state index contributed by atoms with van der Waals surface area (Å²) in [4.78, 5) is 12.7. The monoisotopic (exact) mass is 399 g/mol. The van der Waals surface area contributed by atoms with Crippen molar-refractivity contribution in [3.8, 4) is 0 Å². The van der Waals surface area contributed by atoms with Crippen LogP contribution in [0.2, 0.25) is 0 Å². The second kappa shape index (κ2) is 7.06. The van der Waals surface area contributed by atoms with Gasteiger partial charge in [0.25, 0.3) is 0 Å². The molecule has 7 heteroatoms. The molecule has 2 aromatic rings. The minimum atomic E-state index is -0.620. The zero-order chi connectivity index (χ0) is 20.8. The van der Waals surface area contributed by atoms with Crippen molar-refractivity contribution >= 4 is 17.3 Å². The van der Waals surface area contributed by atoms with E-state index < -0.39 is 5.41 Å². The average molecular weight is 399 g/mol. The van der Waals surface area contributed by atoms with E-state index in [9.17, 15) is 10.0 Å². The highest BCUT2D eigenvalue weighted by molar-refractivity contribution is 6.00. The van der Waals surface area contributed by atoms with Crippen LogP contribution in [-0.2, 0) is 14.9 Å². The van der Waals surface area contributed by atoms with Gasteiger partial charge in [-0.15, -0.1) is 0 Å². The van der Waals surface area contributed by atoms with Gasteiger partial charge in [0.1, 0.15) is 0 Å². The lowest BCUT2D eigenvalue weighted by molar-refractivity contribution is -0.0593. The molecule has 0 aromatic carbocycles. The van der Waals surface area contributed by atoms with Crippen molar-refractivity contribution in [2.75, 3.05) is 13.2 Å². The number of oxime groups is 1. The van der Waals surface area contributed by atoms with Crippen molar-refractivity contribution in [3.63, 3.8) is 0 Å². The number of hydrogen-bond acceptors (Lipinski definition) is 5. The van der Waals surface area contributed by atoms with Crippen LogP contribution in [0.5, 0.6) is 0 Å². The third-order valence-electron chi connectivity index (χ3n) is 6.26. The van der Waals surface area contributed by atoms with Crippen LogP contribution in [0.1, 0.15) is 74.0 Å². The zero-order valence-corrected chi connectivity index (χ0v) is 17.3. The van der Waals surface area contributed by atoms with Crippen LogP contribution in [0.15, 0.2) is 29.6 Å². The van der Waals surface area contributed by atoms with Crippen LogP contribution >= 0.6 is 0 Å². The summed E-state index contributed by atoms with van der Waals surface area (Å²) in [5.74, 6) is 0.169. The van der Waals surface area contributed by atoms with Crippen molar-refractivity contribution in [1.29, 1.82) is 0 Å². The molecule has 0 spiro atoms. The number of nitrogens with zero attached hydrogens (tertiary/aromatic N) is 2. The highest BCUT2D eigenvalue weighted by Crippen LogP contribution is 2.50. The number of hydrogen-bond donors (Lipinski definition) is 2. The lowest BCUT2D eigenvalue weighted by Crippen LogP contribution is -2.33. The van der Waals surface area contributed by atoms with Gasteiger partial charge in [0, 0.05) is 18.3 Å². The largest absolute Gasteiger partial charge is 0.462 e. The summed E-state index contributed by atoms with van der Waals surface area (Å²) >= 11 is 0. The van der Waals surface area contributed by atoms with E-state index in [-0.39, 0.29) is 17.4 Å². The maximum atomic E-state index is 12.7. The predicted molar refractivity (Wildman–Crippen MR) is 110 cm³/mol. The van der Waals surface area contributed by atoms with Crippen LogP contribution in [0, 0.1) is 0 Å². The first-order chi connectivity index (χ1) is 13.8. The SMILES string of the molecule is CCOC(=O)c1cc2cc(C3CCOC(C)(C)C3)ccn2c1C1(C(N)=NO)CC1. The Hall–Kier alpha value is -2.54. The Kier molecular flexibility index (Phi) is 4.81. The molecule has 2 aliphatic rings. The zero-order valence-electron chi connectivity index (χ0n) is 17.3. The number of pyridine rings is 1. The number of ether oxygens (including phenoxy) is 2. The minimum Gasteiger partial charge on any atom is -0.462 e. The fourth-order valence-electron chi connectivity index (χ4n) is 4.65. The first-order valence-corrected chi connectivity index (χ1v) is 10.3. The third-order valence-corrected chi connectivity index (χ3v) is 6.26. The van der Waals surface area contributed by atoms with Gasteiger partial charge >= 0.3 is 5.97 Å². The molecule has 0 bridgehead atoms. The Labute approximate surface area is 170 Å². The standard InChI is InChI=1S/C22H29N3O4/c1-4-28-19(26)17-12-16-11-14(15-6-10-29-21(2,3)13-15)5-9-25(16)18(17)22(7-8-22)20(23)24-27/h5,9,11-12,15,27H,4,6-8,10,13H2,1-3H3,(H2,23,24). The van der Waals surface area contributed by atoms with Gasteiger partial charge in [-0.2, -0.15) is 0 Å². The molecule has 0 amide bonds. The van der Waals surface area contributed by atoms with Crippen molar-refractivity contribution in [3.05, 3.63) is 41.2 Å². The van der Waals surface area contributed by atoms with Crippen molar-refractivity contribution in [2.45, 2.75) is 63.4 Å². The number of carbonyl (C=O) groups excluding carboxylic acids is 1. The van der Waals surface area contributed by atoms with E-state index in [0.717, 1.165) is 43.5 Å². The van der Waals surface area contributed by atoms with Crippen molar-refractivity contribution < 1.29 is 19.5 Å². The Morgan fingerprint density at radius 2 is 2.17 bits per heavy atom. The summed E-state index contributed by atoms with van der Waals surface area (Å²) in [6.07, 6.45) is 5.39. The van der Waals surface area contributed by atoms with Gasteiger partial charge in [-0.1, -0.05) is 5.16 Å². The topological polar surface area (TPSA) is 98.5 Å². The maximum Gasteiger partial charge on any atom is 0.340 e. The van der Waals surface area contributed by atoms with Gasteiger partial charge in [0.2, 0.25) is 0 Å². The molecule has 2 fully saturated rings. The molecule has 1 atom stereocenters. The van der Waals surface area contributed by atoms with Crippen LogP contribution in [-0.4, -0.2) is 40.2 Å². The van der Waals surface area contributed by atoms with Gasteiger partial charge in [-0.3, -0.25) is 0 Å². The first-order valence-electron chi connectivity index (χ1n) is 10.3. The average Bonchev–Trinajstić information content (AvgIpc) is 3.40. The number of fused-ring (bicyclic) bond motifs is 1. The van der Waals surface area contributed by atoms with Crippen LogP contribution in [0.4, 0.5) is 0 Å². The molecular formula is C22H29N3O4. The quantitative estimate of drug-likeness (QED) is 0.263. The van der Waals surface area contributed by atoms with E-state index in [4.69, 9.17) is 15.2 Å². The van der Waals surface area contributed by atoms with E-state index in [2.05, 4.69) is 31.1 Å². The van der Waals surface area contributed by atoms with Crippen molar-refractivity contribution in [2.24, 2.45) is 10.9 Å². The predicted octanol–water partition coefficient (Wildman–Crippen LogP) is 3.57. The Bertz CT molecular complexity index is 972. The van der Waals surface area contributed by atoms with Gasteiger partial charge in [-0.25, -0.2) is 4.79 Å². The third kappa shape index (κ3) is 3.37. The smallest absolute Gasteiger partial charge is 0.340 e. The Morgan fingerprint density at radius 3 is 2.79 bits per heavy atom. The molecule has 4 rings (SSSR count). The summed E-state index contributed by atoms with van der Waals surface area (Å²) in [6, 6.07) is 6.12. The fourth-order valence-corrected chi connectivity index (χ4v) is 4.65. The molecule has 1 saturated heterocycles. The summed E-state index contributed by atoms with van der Waals surface area (Å²) in [7, 11) is 0. The Balaban J connectivity index is 1.81. The Morgan fingerprint density at radius 1 is 1.41 bits per heavy atom. The fraction of sp³-hybridized carbons (Fsp3) is 0.545. The molecule has 29 heavy (non-hydrogen) atoms. The first kappa shape index (κ1) is 19.8. The van der Waals surface area contributed by atoms with Gasteiger partial charge < -0.3 is 24.8 Å². The van der Waals surface area contributed by atoms with E-state index >= 15 is 0 Å². The second-order valence-electron chi connectivity index (χ2n) is 8.75. The lowest BCUT2D eigenvalue weighted by atomic mass is 9.84. The minimum absolute atomic E-state index is 0.137. The van der Waals surface area contributed by atoms with Gasteiger partial charge in [0.05, 0.1) is 28.9 Å². The van der Waals surface area contributed by atoms with E-state index in [1.807, 2.05) is 16.7 Å². The number of amidine groups is 1. The molecule has 2 aromatic heterocycles. The summed E-state index contributed by atoms with van der Waals surface area (Å²) in [6.45, 7) is 7.08. The number of carbonyl (C=O) groups is 1. The maximum absolute atomic E-state index is 12.7. The molecule has 0 radical (unpaired) electrons. The molecular weight excluding hydrogens is 370 g/mol. The molecule has 1 unspecified atom stereocenters. The highest BCUT2D eigenvalue weighted by atomic mass is 16.5. The molecule has 1 aliphatic carbocycles. The van der Waals surface area contributed by atoms with E-state index in [0.29, 0.717) is 18.1 Å². The molecule has 3 heterocycles. The number of aromatic nitrogens is 1. The normalized spacial score (nSPS) is 23.1. The van der Waals surface area contributed by atoms with Crippen molar-refractivity contribution in [1.82, 2.24) is 4.40 Å². The van der Waals surface area contributed by atoms with Gasteiger partial charge in [0.15, 0.2) is 5.84 Å². The molecule has 3 N–H and O–H groups in total.